The first-order valence-electron chi connectivity index (χ1n) is 8.58. The van der Waals surface area contributed by atoms with Gasteiger partial charge in [-0.15, -0.1) is 0 Å². The average molecular weight is 340 g/mol. The van der Waals surface area contributed by atoms with Crippen LogP contribution in [-0.2, 0) is 17.6 Å². The summed E-state index contributed by atoms with van der Waals surface area (Å²) in [6.07, 6.45) is 6.66. The fourth-order valence-corrected chi connectivity index (χ4v) is 3.33. The number of nitrogens with zero attached hydrogens (tertiary/aromatic N) is 2. The van der Waals surface area contributed by atoms with Crippen LogP contribution < -0.4 is 14.4 Å². The Labute approximate surface area is 148 Å². The molecule has 0 saturated carbocycles. The summed E-state index contributed by atoms with van der Waals surface area (Å²) in [5.41, 5.74) is 4.20. The molecule has 0 spiro atoms. The van der Waals surface area contributed by atoms with E-state index in [0.717, 1.165) is 47.5 Å². The molecule has 0 atom stereocenters. The van der Waals surface area contributed by atoms with E-state index < -0.39 is 0 Å². The Bertz CT molecular complexity index is 774. The van der Waals surface area contributed by atoms with Crippen molar-refractivity contribution in [1.82, 2.24) is 4.98 Å². The second-order valence-corrected chi connectivity index (χ2v) is 6.35. The molecule has 1 aromatic carbocycles. The maximum Gasteiger partial charge on any atom is 0.227 e. The Morgan fingerprint density at radius 2 is 2.04 bits per heavy atom. The molecule has 0 radical (unpaired) electrons. The number of ether oxygens (including phenoxy) is 2. The summed E-state index contributed by atoms with van der Waals surface area (Å²) >= 11 is 0. The molecule has 1 aromatic heterocycles. The van der Waals surface area contributed by atoms with Crippen LogP contribution in [0.5, 0.6) is 11.5 Å². The van der Waals surface area contributed by atoms with Crippen LogP contribution in [-0.4, -0.2) is 31.7 Å². The number of anilines is 1. The van der Waals surface area contributed by atoms with Crippen molar-refractivity contribution in [3.63, 3.8) is 0 Å². The van der Waals surface area contributed by atoms with Gasteiger partial charge in [0.1, 0.15) is 11.5 Å². The molecule has 3 rings (SSSR count). The number of carbonyl (C=O) groups is 1. The van der Waals surface area contributed by atoms with Gasteiger partial charge in [-0.05, 0) is 37.3 Å². The van der Waals surface area contributed by atoms with Gasteiger partial charge in [0.2, 0.25) is 5.91 Å². The van der Waals surface area contributed by atoms with E-state index in [4.69, 9.17) is 9.47 Å². The van der Waals surface area contributed by atoms with E-state index in [0.29, 0.717) is 18.6 Å². The van der Waals surface area contributed by atoms with E-state index >= 15 is 0 Å². The first-order valence-corrected chi connectivity index (χ1v) is 8.58. The molecule has 0 bridgehead atoms. The lowest BCUT2D eigenvalue weighted by molar-refractivity contribution is -0.118. The van der Waals surface area contributed by atoms with E-state index in [1.165, 1.54) is 0 Å². The van der Waals surface area contributed by atoms with Crippen molar-refractivity contribution in [2.45, 2.75) is 32.6 Å². The lowest BCUT2D eigenvalue weighted by Crippen LogP contribution is -2.35. The van der Waals surface area contributed by atoms with Crippen LogP contribution in [0.4, 0.5) is 5.69 Å². The predicted octanol–water partition coefficient (Wildman–Crippen LogP) is 3.32. The fourth-order valence-electron chi connectivity index (χ4n) is 3.33. The first kappa shape index (κ1) is 17.3. The molecule has 0 aliphatic carbocycles. The normalized spacial score (nSPS) is 13.3. The van der Waals surface area contributed by atoms with Crippen molar-refractivity contribution >= 4 is 11.6 Å². The molecule has 0 unspecified atom stereocenters. The Morgan fingerprint density at radius 3 is 2.76 bits per heavy atom. The molecule has 5 nitrogen and oxygen atoms in total. The highest BCUT2D eigenvalue weighted by Gasteiger charge is 2.25. The number of rotatable bonds is 5. The smallest absolute Gasteiger partial charge is 0.227 e. The minimum atomic E-state index is 0.123. The van der Waals surface area contributed by atoms with E-state index in [9.17, 15) is 4.79 Å². The molecule has 0 saturated heterocycles. The largest absolute Gasteiger partial charge is 0.497 e. The van der Waals surface area contributed by atoms with Crippen LogP contribution in [0, 0.1) is 6.92 Å². The van der Waals surface area contributed by atoms with Gasteiger partial charge in [-0.3, -0.25) is 9.78 Å². The van der Waals surface area contributed by atoms with Crippen molar-refractivity contribution in [2.75, 3.05) is 25.7 Å². The summed E-state index contributed by atoms with van der Waals surface area (Å²) in [6, 6.07) is 5.89. The summed E-state index contributed by atoms with van der Waals surface area (Å²) < 4.78 is 10.9. The summed E-state index contributed by atoms with van der Waals surface area (Å²) in [5.74, 6) is 1.62. The zero-order chi connectivity index (χ0) is 17.8. The summed E-state index contributed by atoms with van der Waals surface area (Å²) in [6.45, 7) is 2.74. The minimum Gasteiger partial charge on any atom is -0.497 e. The van der Waals surface area contributed by atoms with Crippen LogP contribution in [0.2, 0.25) is 0 Å². The highest BCUT2D eigenvalue weighted by atomic mass is 16.5. The van der Waals surface area contributed by atoms with Crippen molar-refractivity contribution < 1.29 is 14.3 Å². The van der Waals surface area contributed by atoms with Crippen molar-refractivity contribution in [3.05, 3.63) is 47.3 Å². The number of amides is 1. The second kappa shape index (κ2) is 7.55. The fraction of sp³-hybridized carbons (Fsp3) is 0.400. The van der Waals surface area contributed by atoms with Crippen LogP contribution in [0.3, 0.4) is 0 Å². The van der Waals surface area contributed by atoms with Gasteiger partial charge in [-0.2, -0.15) is 0 Å². The maximum atomic E-state index is 12.8. The van der Waals surface area contributed by atoms with E-state index in [1.807, 2.05) is 36.4 Å². The number of aromatic nitrogens is 1. The monoisotopic (exact) mass is 340 g/mol. The summed E-state index contributed by atoms with van der Waals surface area (Å²) in [4.78, 5) is 18.9. The molecule has 0 fully saturated rings. The number of pyridine rings is 1. The summed E-state index contributed by atoms with van der Waals surface area (Å²) in [7, 11) is 3.28. The zero-order valence-electron chi connectivity index (χ0n) is 15.0. The Kier molecular flexibility index (Phi) is 5.22. The lowest BCUT2D eigenvalue weighted by atomic mass is 9.99. The Hall–Kier alpha value is -2.56. The van der Waals surface area contributed by atoms with Gasteiger partial charge >= 0.3 is 0 Å². The van der Waals surface area contributed by atoms with Crippen LogP contribution in [0.1, 0.15) is 29.5 Å². The molecule has 0 N–H and O–H groups in total. The average Bonchev–Trinajstić information content (AvgIpc) is 2.64. The first-order chi connectivity index (χ1) is 12.1. The van der Waals surface area contributed by atoms with Crippen LogP contribution in [0.15, 0.2) is 30.6 Å². The van der Waals surface area contributed by atoms with Gasteiger partial charge in [-0.1, -0.05) is 6.07 Å². The van der Waals surface area contributed by atoms with Crippen molar-refractivity contribution in [1.29, 1.82) is 0 Å². The standard InChI is InChI=1S/C20H24N2O3/c1-14-9-15(13-21-12-14)6-7-20(23)22-8-4-5-17-18(22)10-16(24-2)11-19(17)25-3/h9-13H,4-8H2,1-3H3. The Balaban J connectivity index is 1.81. The van der Waals surface area contributed by atoms with Crippen LogP contribution in [0.25, 0.3) is 0 Å². The van der Waals surface area contributed by atoms with Gasteiger partial charge < -0.3 is 14.4 Å². The molecule has 2 aromatic rings. The van der Waals surface area contributed by atoms with E-state index in [-0.39, 0.29) is 5.91 Å². The predicted molar refractivity (Wildman–Crippen MR) is 97.5 cm³/mol. The van der Waals surface area contributed by atoms with Gasteiger partial charge in [0.25, 0.3) is 0 Å². The molecule has 5 heteroatoms. The number of benzene rings is 1. The quantitative estimate of drug-likeness (QED) is 0.838. The number of hydrogen-bond donors (Lipinski definition) is 0. The molecule has 1 amide bonds. The third-order valence-corrected chi connectivity index (χ3v) is 4.57. The number of carbonyl (C=O) groups excluding carboxylic acids is 1. The molecule has 2 heterocycles. The number of hydrogen-bond acceptors (Lipinski definition) is 4. The van der Waals surface area contributed by atoms with Gasteiger partial charge in [0.15, 0.2) is 0 Å². The van der Waals surface area contributed by atoms with E-state index in [1.54, 1.807) is 14.2 Å². The molecule has 25 heavy (non-hydrogen) atoms. The van der Waals surface area contributed by atoms with Gasteiger partial charge in [0, 0.05) is 43.1 Å². The molecular weight excluding hydrogens is 316 g/mol. The molecular formula is C20H24N2O3. The number of fused-ring (bicyclic) bond motifs is 1. The third kappa shape index (κ3) is 3.76. The lowest BCUT2D eigenvalue weighted by Gasteiger charge is -2.31. The molecule has 1 aliphatic heterocycles. The number of aryl methyl sites for hydroxylation is 2. The summed E-state index contributed by atoms with van der Waals surface area (Å²) in [5, 5.41) is 0. The topological polar surface area (TPSA) is 51.7 Å². The van der Waals surface area contributed by atoms with Gasteiger partial charge in [-0.25, -0.2) is 0 Å². The van der Waals surface area contributed by atoms with E-state index in [2.05, 4.69) is 11.1 Å². The Morgan fingerprint density at radius 1 is 1.20 bits per heavy atom. The van der Waals surface area contributed by atoms with Crippen LogP contribution >= 0.6 is 0 Å². The minimum absolute atomic E-state index is 0.123. The molecule has 132 valence electrons. The SMILES string of the molecule is COc1cc(OC)c2c(c1)N(C(=O)CCc1cncc(C)c1)CCC2. The van der Waals surface area contributed by atoms with Crippen molar-refractivity contribution in [2.24, 2.45) is 0 Å². The number of methoxy groups -OCH3 is 2. The highest BCUT2D eigenvalue weighted by Crippen LogP contribution is 2.38. The van der Waals surface area contributed by atoms with Gasteiger partial charge in [0.05, 0.1) is 19.9 Å². The maximum absolute atomic E-state index is 12.8. The zero-order valence-corrected chi connectivity index (χ0v) is 15.0. The van der Waals surface area contributed by atoms with Crippen molar-refractivity contribution in [3.8, 4) is 11.5 Å². The third-order valence-electron chi connectivity index (χ3n) is 4.57. The molecule has 1 aliphatic rings. The highest BCUT2D eigenvalue weighted by molar-refractivity contribution is 5.95. The second-order valence-electron chi connectivity index (χ2n) is 6.35.